The quantitative estimate of drug-likeness (QED) is 0.0847. The van der Waals surface area contributed by atoms with Crippen molar-refractivity contribution in [2.24, 2.45) is 0 Å². The maximum Gasteiger partial charge on any atom is 0.0540 e. The highest BCUT2D eigenvalue weighted by molar-refractivity contribution is 6.01. The van der Waals surface area contributed by atoms with Gasteiger partial charge < -0.3 is 29.4 Å². The molecular weight excluding hydrogens is 1120 g/mol. The van der Waals surface area contributed by atoms with E-state index < -0.39 is 0 Å². The molecule has 0 amide bonds. The van der Waals surface area contributed by atoms with Crippen LogP contribution in [0.25, 0.3) is 21.5 Å². The lowest BCUT2D eigenvalue weighted by Crippen LogP contribution is -2.14. The van der Waals surface area contributed by atoms with Gasteiger partial charge in [-0.15, -0.1) is 0 Å². The molecule has 92 heavy (non-hydrogen) atoms. The van der Waals surface area contributed by atoms with E-state index >= 15 is 0 Å². The van der Waals surface area contributed by atoms with Crippen LogP contribution in [0.5, 0.6) is 0 Å². The zero-order valence-electron chi connectivity index (χ0n) is 50.6. The third-order valence-corrected chi connectivity index (χ3v) is 16.9. The van der Waals surface area contributed by atoms with E-state index in [2.05, 4.69) is 418 Å². The largest absolute Gasteiger partial charge is 0.311 e. The summed E-state index contributed by atoms with van der Waals surface area (Å²) < 4.78 is 0. The zero-order chi connectivity index (χ0) is 61.4. The molecule has 0 bridgehead atoms. The average molecular weight is 1180 g/mol. The molecule has 0 unspecified atom stereocenters. The number of fused-ring (bicyclic) bond motifs is 2. The van der Waals surface area contributed by atoms with Gasteiger partial charge in [0, 0.05) is 102 Å². The lowest BCUT2D eigenvalue weighted by atomic mass is 10.1. The van der Waals surface area contributed by atoms with Gasteiger partial charge in [-0.2, -0.15) is 0 Å². The fourth-order valence-corrected chi connectivity index (χ4v) is 12.7. The number of para-hydroxylation sites is 6. The van der Waals surface area contributed by atoms with Crippen molar-refractivity contribution in [2.75, 3.05) is 29.4 Å². The molecule has 0 saturated heterocycles. The molecule has 0 N–H and O–H groups in total. The van der Waals surface area contributed by atoms with E-state index in [1.807, 2.05) is 0 Å². The van der Waals surface area contributed by atoms with Crippen LogP contribution in [0.2, 0.25) is 0 Å². The summed E-state index contributed by atoms with van der Waals surface area (Å²) >= 11 is 0. The van der Waals surface area contributed by atoms with E-state index in [9.17, 15) is 0 Å². The highest BCUT2D eigenvalue weighted by atomic mass is 15.2. The maximum atomic E-state index is 2.35. The molecule has 6 heteroatoms. The van der Waals surface area contributed by atoms with Gasteiger partial charge in [-0.1, -0.05) is 182 Å². The molecule has 0 aromatic heterocycles. The third kappa shape index (κ3) is 11.4. The summed E-state index contributed by atoms with van der Waals surface area (Å²) in [4.78, 5) is 14.0. The second-order valence-electron chi connectivity index (χ2n) is 22.6. The molecule has 0 fully saturated rings. The van der Waals surface area contributed by atoms with E-state index in [-0.39, 0.29) is 0 Å². The van der Waals surface area contributed by atoms with Crippen molar-refractivity contribution in [3.8, 4) is 0 Å². The average Bonchev–Trinajstić information content (AvgIpc) is 1.05. The standard InChI is InChI=1S/C86H64N6/c1-7-29-67(30-8-1)87(75-49-53-77(54-50-75)89(69-33-11-3-12-34-69)79-57-61-81(62-58-79)91(71-37-15-5-16-38-71)85-43-23-27-65-25-19-21-41-83(65)85)73-45-47-74(48-46-73)88(68-31-9-2-10-32-68)76-51-55-78(56-52-76)90(70-35-13-4-14-36-70)80-59-63-82(64-60-80)92(72-39-17-6-18-40-72)86-44-24-28-66-26-20-22-42-84(66)86/h1-64H. The molecule has 438 valence electrons. The first kappa shape index (κ1) is 56.2. The molecule has 15 aromatic carbocycles. The molecule has 0 saturated carbocycles. The Morgan fingerprint density at radius 3 is 0.478 bits per heavy atom. The van der Waals surface area contributed by atoms with E-state index in [1.54, 1.807) is 0 Å². The molecule has 0 aliphatic carbocycles. The lowest BCUT2D eigenvalue weighted by Gasteiger charge is -2.30. The second kappa shape index (κ2) is 25.8. The summed E-state index contributed by atoms with van der Waals surface area (Å²) in [6.07, 6.45) is 0. The summed E-state index contributed by atoms with van der Waals surface area (Å²) in [6, 6.07) is 139. The van der Waals surface area contributed by atoms with Crippen LogP contribution < -0.4 is 29.4 Å². The van der Waals surface area contributed by atoms with Gasteiger partial charge in [0.25, 0.3) is 0 Å². The first-order valence-corrected chi connectivity index (χ1v) is 31.2. The molecular formula is C86H64N6. The maximum absolute atomic E-state index is 2.35. The molecule has 0 aliphatic heterocycles. The zero-order valence-corrected chi connectivity index (χ0v) is 50.6. The van der Waals surface area contributed by atoms with Crippen LogP contribution in [0.4, 0.5) is 102 Å². The first-order valence-electron chi connectivity index (χ1n) is 31.2. The van der Waals surface area contributed by atoms with Crippen LogP contribution >= 0.6 is 0 Å². The van der Waals surface area contributed by atoms with Gasteiger partial charge >= 0.3 is 0 Å². The highest BCUT2D eigenvalue weighted by Gasteiger charge is 2.22. The van der Waals surface area contributed by atoms with Gasteiger partial charge in [0.05, 0.1) is 11.4 Å². The predicted octanol–water partition coefficient (Wildman–Crippen LogP) is 24.8. The van der Waals surface area contributed by atoms with E-state index in [4.69, 9.17) is 0 Å². The minimum absolute atomic E-state index is 1.04. The van der Waals surface area contributed by atoms with Gasteiger partial charge in [-0.05, 0) is 217 Å². The Kier molecular flexibility index (Phi) is 15.7. The number of hydrogen-bond acceptors (Lipinski definition) is 6. The van der Waals surface area contributed by atoms with Crippen molar-refractivity contribution in [3.05, 3.63) is 388 Å². The van der Waals surface area contributed by atoms with Crippen molar-refractivity contribution in [1.82, 2.24) is 0 Å². The topological polar surface area (TPSA) is 19.4 Å². The minimum Gasteiger partial charge on any atom is -0.311 e. The second-order valence-corrected chi connectivity index (χ2v) is 22.6. The molecule has 15 rings (SSSR count). The van der Waals surface area contributed by atoms with Crippen LogP contribution in [-0.4, -0.2) is 0 Å². The SMILES string of the molecule is c1ccc(N(c2ccc(N(c3ccccc3)c3ccc(N(c4ccccc4)c4ccc(N(c5ccccc5)c5cccc6ccccc56)cc4)cc3)cc2)c2ccc(N(c3ccccc3)c3ccc(N(c4ccccc4)c4cccc5ccccc45)cc3)cc2)cc1. The molecule has 6 nitrogen and oxygen atoms in total. The highest BCUT2D eigenvalue weighted by Crippen LogP contribution is 2.46. The number of benzene rings is 15. The smallest absolute Gasteiger partial charge is 0.0540 e. The van der Waals surface area contributed by atoms with Crippen molar-refractivity contribution in [2.45, 2.75) is 0 Å². The Balaban J connectivity index is 0.736. The number of nitrogens with zero attached hydrogens (tertiary/aromatic N) is 6. The molecule has 0 atom stereocenters. The third-order valence-electron chi connectivity index (χ3n) is 16.9. The molecule has 15 aromatic rings. The summed E-state index contributed by atoms with van der Waals surface area (Å²) in [5.41, 5.74) is 19.2. The van der Waals surface area contributed by atoms with Crippen LogP contribution in [0.3, 0.4) is 0 Å². The number of rotatable bonds is 18. The van der Waals surface area contributed by atoms with Crippen LogP contribution in [0, 0.1) is 0 Å². The molecule has 0 aliphatic rings. The van der Waals surface area contributed by atoms with Gasteiger partial charge in [-0.3, -0.25) is 0 Å². The Morgan fingerprint density at radius 1 is 0.109 bits per heavy atom. The fraction of sp³-hybridized carbons (Fsp3) is 0. The van der Waals surface area contributed by atoms with Crippen LogP contribution in [0.15, 0.2) is 388 Å². The first-order chi connectivity index (χ1) is 45.7. The van der Waals surface area contributed by atoms with Crippen LogP contribution in [-0.2, 0) is 0 Å². The fourth-order valence-electron chi connectivity index (χ4n) is 12.7. The number of anilines is 18. The van der Waals surface area contributed by atoms with Gasteiger partial charge in [0.2, 0.25) is 0 Å². The Hall–Kier alpha value is -12.4. The summed E-state index contributed by atoms with van der Waals surface area (Å²) in [5, 5.41) is 4.79. The minimum atomic E-state index is 1.04. The molecule has 0 radical (unpaired) electrons. The normalized spacial score (nSPS) is 11.0. The molecule has 0 spiro atoms. The Bertz CT molecular complexity index is 4560. The van der Waals surface area contributed by atoms with Crippen molar-refractivity contribution >= 4 is 124 Å². The lowest BCUT2D eigenvalue weighted by molar-refractivity contribution is 1.24. The van der Waals surface area contributed by atoms with E-state index in [0.29, 0.717) is 0 Å². The monoisotopic (exact) mass is 1180 g/mol. The van der Waals surface area contributed by atoms with E-state index in [1.165, 1.54) is 21.5 Å². The van der Waals surface area contributed by atoms with Crippen LogP contribution in [0.1, 0.15) is 0 Å². The van der Waals surface area contributed by atoms with Crippen molar-refractivity contribution in [1.29, 1.82) is 0 Å². The number of hydrogen-bond donors (Lipinski definition) is 0. The van der Waals surface area contributed by atoms with Crippen molar-refractivity contribution < 1.29 is 0 Å². The Labute approximate surface area is 538 Å². The molecule has 0 heterocycles. The van der Waals surface area contributed by atoms with E-state index in [0.717, 1.165) is 102 Å². The summed E-state index contributed by atoms with van der Waals surface area (Å²) in [7, 11) is 0. The van der Waals surface area contributed by atoms with Gasteiger partial charge in [-0.25, -0.2) is 0 Å². The summed E-state index contributed by atoms with van der Waals surface area (Å²) in [5.74, 6) is 0. The Morgan fingerprint density at radius 2 is 0.261 bits per heavy atom. The van der Waals surface area contributed by atoms with Crippen molar-refractivity contribution in [3.63, 3.8) is 0 Å². The predicted molar refractivity (Wildman–Crippen MR) is 390 cm³/mol. The van der Waals surface area contributed by atoms with Gasteiger partial charge in [0.15, 0.2) is 0 Å². The van der Waals surface area contributed by atoms with Gasteiger partial charge in [0.1, 0.15) is 0 Å². The summed E-state index contributed by atoms with van der Waals surface area (Å²) in [6.45, 7) is 0.